The molecule has 1 fully saturated rings. The van der Waals surface area contributed by atoms with Crippen LogP contribution in [0.5, 0.6) is 0 Å². The van der Waals surface area contributed by atoms with E-state index in [0.717, 1.165) is 29.8 Å². The Morgan fingerprint density at radius 3 is 2.50 bits per heavy atom. The number of rotatable bonds is 4. The Kier molecular flexibility index (Phi) is 6.61. The Morgan fingerprint density at radius 2 is 1.82 bits per heavy atom. The summed E-state index contributed by atoms with van der Waals surface area (Å²) in [6, 6.07) is 12.1. The molecule has 0 bridgehead atoms. The van der Waals surface area contributed by atoms with Gasteiger partial charge in [-0.25, -0.2) is 4.79 Å². The van der Waals surface area contributed by atoms with Crippen LogP contribution in [-0.4, -0.2) is 61.5 Å². The fourth-order valence-electron chi connectivity index (χ4n) is 4.32. The number of likely N-dealkylation sites (N-methyl/N-ethyl adjacent to an activating group) is 1. The average molecular weight is 465 g/mol. The van der Waals surface area contributed by atoms with Crippen molar-refractivity contribution in [1.82, 2.24) is 10.2 Å². The first-order valence-electron chi connectivity index (χ1n) is 11.6. The van der Waals surface area contributed by atoms with Gasteiger partial charge in [0, 0.05) is 38.1 Å². The maximum Gasteiger partial charge on any atom is 0.338 e. The number of anilines is 2. The summed E-state index contributed by atoms with van der Waals surface area (Å²) in [6.45, 7) is 7.93. The molecular weight excluding hydrogens is 432 g/mol. The molecule has 1 atom stereocenters. The maximum absolute atomic E-state index is 13.2. The molecule has 2 amide bonds. The second-order valence-electron chi connectivity index (χ2n) is 9.79. The monoisotopic (exact) mass is 464 g/mol. The van der Waals surface area contributed by atoms with Gasteiger partial charge in [-0.15, -0.1) is 0 Å². The summed E-state index contributed by atoms with van der Waals surface area (Å²) in [4.78, 5) is 41.5. The van der Waals surface area contributed by atoms with Crippen molar-refractivity contribution in [2.45, 2.75) is 38.8 Å². The van der Waals surface area contributed by atoms with Crippen molar-refractivity contribution in [3.8, 4) is 0 Å². The van der Waals surface area contributed by atoms with Gasteiger partial charge in [-0.1, -0.05) is 12.1 Å². The topological polar surface area (TPSA) is 91.0 Å². The Morgan fingerprint density at radius 1 is 1.09 bits per heavy atom. The first-order valence-corrected chi connectivity index (χ1v) is 11.6. The van der Waals surface area contributed by atoms with E-state index < -0.39 is 17.6 Å². The molecule has 1 saturated heterocycles. The van der Waals surface area contributed by atoms with Crippen LogP contribution in [0.1, 0.15) is 48.3 Å². The zero-order chi connectivity index (χ0) is 24.5. The zero-order valence-corrected chi connectivity index (χ0v) is 20.2. The molecule has 8 nitrogen and oxygen atoms in total. The van der Waals surface area contributed by atoms with Crippen molar-refractivity contribution in [2.24, 2.45) is 0 Å². The van der Waals surface area contributed by atoms with E-state index in [9.17, 15) is 14.4 Å². The lowest BCUT2D eigenvalue weighted by atomic mass is 9.91. The minimum Gasteiger partial charge on any atom is -0.456 e. The summed E-state index contributed by atoms with van der Waals surface area (Å²) < 4.78 is 5.39. The number of piperazine rings is 1. The third-order valence-corrected chi connectivity index (χ3v) is 6.07. The van der Waals surface area contributed by atoms with Gasteiger partial charge in [0.25, 0.3) is 0 Å². The molecule has 2 aromatic carbocycles. The number of amides is 2. The van der Waals surface area contributed by atoms with Crippen LogP contribution in [0, 0.1) is 0 Å². The third kappa shape index (κ3) is 5.22. The minimum absolute atomic E-state index is 0.0990. The Hall–Kier alpha value is -3.39. The lowest BCUT2D eigenvalue weighted by Gasteiger charge is -2.37. The largest absolute Gasteiger partial charge is 0.456 e. The van der Waals surface area contributed by atoms with Gasteiger partial charge in [-0.3, -0.25) is 9.59 Å². The quantitative estimate of drug-likeness (QED) is 0.677. The summed E-state index contributed by atoms with van der Waals surface area (Å²) >= 11 is 0. The molecule has 180 valence electrons. The van der Waals surface area contributed by atoms with Crippen LogP contribution in [0.3, 0.4) is 0 Å². The number of carbonyl (C=O) groups excluding carboxylic acids is 3. The first kappa shape index (κ1) is 23.8. The highest BCUT2D eigenvalue weighted by Crippen LogP contribution is 2.32. The molecule has 34 heavy (non-hydrogen) atoms. The number of fused-ring (bicyclic) bond motifs is 1. The van der Waals surface area contributed by atoms with Crippen LogP contribution in [0.25, 0.3) is 0 Å². The molecule has 0 spiro atoms. The number of hydrogen-bond donors (Lipinski definition) is 2. The van der Waals surface area contributed by atoms with Gasteiger partial charge in [-0.2, -0.15) is 0 Å². The van der Waals surface area contributed by atoms with Gasteiger partial charge in [0.2, 0.25) is 11.8 Å². The van der Waals surface area contributed by atoms with Crippen molar-refractivity contribution in [2.75, 3.05) is 43.4 Å². The number of ether oxygens (including phenoxy) is 1. The molecule has 0 saturated carbocycles. The van der Waals surface area contributed by atoms with Crippen LogP contribution in [0.2, 0.25) is 0 Å². The lowest BCUT2D eigenvalue weighted by molar-refractivity contribution is -0.129. The number of hydrogen-bond acceptors (Lipinski definition) is 6. The molecule has 4 rings (SSSR count). The van der Waals surface area contributed by atoms with E-state index in [2.05, 4.69) is 15.5 Å². The molecule has 0 aromatic heterocycles. The van der Waals surface area contributed by atoms with Crippen LogP contribution in [0.15, 0.2) is 42.5 Å². The number of nitrogens with one attached hydrogen (secondary N) is 2. The van der Waals surface area contributed by atoms with E-state index in [-0.39, 0.29) is 11.8 Å². The van der Waals surface area contributed by atoms with E-state index >= 15 is 0 Å². The first-order chi connectivity index (χ1) is 16.1. The predicted molar refractivity (Wildman–Crippen MR) is 131 cm³/mol. The molecule has 8 heteroatoms. The normalized spacial score (nSPS) is 18.4. The molecule has 0 radical (unpaired) electrons. The molecular formula is C26H32N4O4. The van der Waals surface area contributed by atoms with E-state index in [1.807, 2.05) is 46.0 Å². The second-order valence-corrected chi connectivity index (χ2v) is 9.79. The maximum atomic E-state index is 13.2. The zero-order valence-electron chi connectivity index (χ0n) is 20.2. The molecule has 2 aliphatic rings. The van der Waals surface area contributed by atoms with E-state index in [1.165, 1.54) is 0 Å². The van der Waals surface area contributed by atoms with Gasteiger partial charge in [-0.05, 0) is 68.7 Å². The number of carbonyl (C=O) groups is 3. The van der Waals surface area contributed by atoms with Crippen LogP contribution in [0.4, 0.5) is 11.4 Å². The van der Waals surface area contributed by atoms with E-state index in [4.69, 9.17) is 4.74 Å². The molecule has 1 unspecified atom stereocenters. The fourth-order valence-corrected chi connectivity index (χ4v) is 4.32. The van der Waals surface area contributed by atoms with Gasteiger partial charge < -0.3 is 25.2 Å². The molecule has 0 aliphatic carbocycles. The average Bonchev–Trinajstić information content (AvgIpc) is 2.79. The number of benzene rings is 2. The Labute approximate surface area is 200 Å². The van der Waals surface area contributed by atoms with Crippen molar-refractivity contribution in [3.05, 3.63) is 59.2 Å². The van der Waals surface area contributed by atoms with Crippen molar-refractivity contribution in [3.63, 3.8) is 0 Å². The molecule has 2 N–H and O–H groups in total. The summed E-state index contributed by atoms with van der Waals surface area (Å²) in [7, 11) is 1.82. The Balaban J connectivity index is 1.49. The summed E-state index contributed by atoms with van der Waals surface area (Å²) in [5, 5.41) is 6.27. The minimum atomic E-state index is -0.569. The summed E-state index contributed by atoms with van der Waals surface area (Å²) in [6.07, 6.45) is 0.792. The van der Waals surface area contributed by atoms with Crippen LogP contribution in [-0.2, 0) is 20.7 Å². The standard InChI is InChI=1S/C26H32N4O4/c1-26(2,3)34-25(33)17-8-10-18(11-9-17)28-24(32)23-20-6-5-7-21(19(20)12-13-27-23)30-15-14-29(4)22(31)16-30/h5-11,23,27H,12-16H2,1-4H3,(H,28,32). The predicted octanol–water partition coefficient (Wildman–Crippen LogP) is 2.75. The third-order valence-electron chi connectivity index (χ3n) is 6.07. The highest BCUT2D eigenvalue weighted by Gasteiger charge is 2.30. The SMILES string of the molecule is CN1CCN(c2cccc3c2CCNC3C(=O)Nc2ccc(C(=O)OC(C)(C)C)cc2)CC1=O. The molecule has 2 aliphatic heterocycles. The summed E-state index contributed by atoms with van der Waals surface area (Å²) in [5.41, 5.74) is 3.53. The second kappa shape index (κ2) is 9.46. The van der Waals surface area contributed by atoms with Crippen molar-refractivity contribution < 1.29 is 19.1 Å². The van der Waals surface area contributed by atoms with E-state index in [0.29, 0.717) is 30.9 Å². The highest BCUT2D eigenvalue weighted by molar-refractivity contribution is 5.97. The van der Waals surface area contributed by atoms with Gasteiger partial charge in [0.05, 0.1) is 12.1 Å². The number of nitrogens with zero attached hydrogens (tertiary/aromatic N) is 2. The van der Waals surface area contributed by atoms with Crippen LogP contribution >= 0.6 is 0 Å². The van der Waals surface area contributed by atoms with E-state index in [1.54, 1.807) is 29.2 Å². The number of esters is 1. The molecule has 2 aromatic rings. The van der Waals surface area contributed by atoms with Crippen molar-refractivity contribution in [1.29, 1.82) is 0 Å². The van der Waals surface area contributed by atoms with Crippen LogP contribution < -0.4 is 15.5 Å². The smallest absolute Gasteiger partial charge is 0.338 e. The van der Waals surface area contributed by atoms with Crippen molar-refractivity contribution >= 4 is 29.2 Å². The highest BCUT2D eigenvalue weighted by atomic mass is 16.6. The fraction of sp³-hybridized carbons (Fsp3) is 0.423. The summed E-state index contributed by atoms with van der Waals surface area (Å²) in [5.74, 6) is -0.470. The van der Waals surface area contributed by atoms with Gasteiger partial charge in [0.1, 0.15) is 11.6 Å². The molecule has 2 heterocycles. The van der Waals surface area contributed by atoms with Gasteiger partial charge in [0.15, 0.2) is 0 Å². The Bertz CT molecular complexity index is 1090. The lowest BCUT2D eigenvalue weighted by Crippen LogP contribution is -2.49. The van der Waals surface area contributed by atoms with Gasteiger partial charge >= 0.3 is 5.97 Å².